The van der Waals surface area contributed by atoms with Crippen LogP contribution in [0.1, 0.15) is 11.6 Å². The van der Waals surface area contributed by atoms with Gasteiger partial charge in [-0.25, -0.2) is 0 Å². The Labute approximate surface area is 129 Å². The van der Waals surface area contributed by atoms with Gasteiger partial charge in [0.1, 0.15) is 11.8 Å². The van der Waals surface area contributed by atoms with E-state index in [9.17, 15) is 22.0 Å². The van der Waals surface area contributed by atoms with Gasteiger partial charge in [0.15, 0.2) is 0 Å². The van der Waals surface area contributed by atoms with Gasteiger partial charge in [0.05, 0.1) is 7.11 Å². The number of benzene rings is 2. The van der Waals surface area contributed by atoms with Crippen molar-refractivity contribution in [2.75, 3.05) is 7.11 Å². The van der Waals surface area contributed by atoms with E-state index in [4.69, 9.17) is 10.5 Å². The fourth-order valence-corrected chi connectivity index (χ4v) is 2.12. The van der Waals surface area contributed by atoms with Crippen LogP contribution in [-0.4, -0.2) is 19.2 Å². The summed E-state index contributed by atoms with van der Waals surface area (Å²) >= 11 is 0. The Bertz CT molecular complexity index is 659. The van der Waals surface area contributed by atoms with Crippen molar-refractivity contribution in [1.29, 1.82) is 0 Å². The Hall–Kier alpha value is -1.60. The molecule has 0 radical (unpaired) electrons. The molecule has 0 bridgehead atoms. The van der Waals surface area contributed by atoms with E-state index < -0.39 is 18.1 Å². The Balaban J connectivity index is 0.00000242. The van der Waals surface area contributed by atoms with Gasteiger partial charge in [-0.15, -0.1) is 12.4 Å². The Morgan fingerprint density at radius 3 is 2.00 bits per heavy atom. The van der Waals surface area contributed by atoms with Crippen molar-refractivity contribution in [3.63, 3.8) is 0 Å². The molecule has 0 aromatic heterocycles. The summed E-state index contributed by atoms with van der Waals surface area (Å²) in [5.74, 6) is -4.65. The molecule has 2 rings (SSSR count). The van der Waals surface area contributed by atoms with Gasteiger partial charge in [-0.05, 0) is 17.0 Å². The van der Waals surface area contributed by atoms with Gasteiger partial charge in [-0.3, -0.25) is 0 Å². The minimum atomic E-state index is -5.71. The molecule has 0 aliphatic heterocycles. The van der Waals surface area contributed by atoms with Gasteiger partial charge in [0.25, 0.3) is 0 Å². The average Bonchev–Trinajstić information content (AvgIpc) is 2.44. The van der Waals surface area contributed by atoms with Crippen LogP contribution in [0.25, 0.3) is 10.8 Å². The van der Waals surface area contributed by atoms with E-state index in [1.807, 2.05) is 0 Å². The van der Waals surface area contributed by atoms with Gasteiger partial charge in [-0.1, -0.05) is 30.3 Å². The smallest absolute Gasteiger partial charge is 0.455 e. The lowest BCUT2D eigenvalue weighted by Gasteiger charge is -2.27. The molecule has 122 valence electrons. The molecule has 2 aromatic carbocycles. The van der Waals surface area contributed by atoms with E-state index in [1.165, 1.54) is 25.3 Å². The minimum Gasteiger partial charge on any atom is -0.496 e. The molecule has 0 aliphatic rings. The summed E-state index contributed by atoms with van der Waals surface area (Å²) in [6, 6.07) is 6.12. The second-order valence-corrected chi connectivity index (χ2v) is 4.50. The molecule has 0 saturated carbocycles. The van der Waals surface area contributed by atoms with Gasteiger partial charge in [0.2, 0.25) is 0 Å². The molecule has 0 unspecified atom stereocenters. The SMILES string of the molecule is COc1ccc([C@@H](N)C(F)(F)C(F)(F)F)c2ccccc12.Cl. The summed E-state index contributed by atoms with van der Waals surface area (Å²) < 4.78 is 69.3. The number of ether oxygens (including phenoxy) is 1. The summed E-state index contributed by atoms with van der Waals surface area (Å²) in [5.41, 5.74) is 4.92. The summed E-state index contributed by atoms with van der Waals surface area (Å²) in [6.45, 7) is 0. The molecule has 2 aromatic rings. The normalized spacial score (nSPS) is 13.6. The van der Waals surface area contributed by atoms with E-state index in [0.29, 0.717) is 11.1 Å². The topological polar surface area (TPSA) is 35.2 Å². The van der Waals surface area contributed by atoms with Crippen LogP contribution < -0.4 is 10.5 Å². The van der Waals surface area contributed by atoms with Crippen LogP contribution in [0.3, 0.4) is 0 Å². The van der Waals surface area contributed by atoms with Crippen molar-refractivity contribution >= 4 is 23.2 Å². The van der Waals surface area contributed by atoms with Crippen molar-refractivity contribution < 1.29 is 26.7 Å². The number of alkyl halides is 5. The number of nitrogens with two attached hydrogens (primary N) is 1. The Morgan fingerprint density at radius 1 is 0.955 bits per heavy atom. The van der Waals surface area contributed by atoms with Crippen molar-refractivity contribution in [2.45, 2.75) is 18.1 Å². The zero-order chi connectivity index (χ0) is 15.8. The van der Waals surface area contributed by atoms with E-state index in [1.54, 1.807) is 12.1 Å². The summed E-state index contributed by atoms with van der Waals surface area (Å²) in [5, 5.41) is 0.624. The fourth-order valence-electron chi connectivity index (χ4n) is 2.12. The van der Waals surface area contributed by atoms with Gasteiger partial charge < -0.3 is 10.5 Å². The highest BCUT2D eigenvalue weighted by Crippen LogP contribution is 2.45. The average molecular weight is 342 g/mol. The lowest BCUT2D eigenvalue weighted by atomic mass is 9.94. The number of rotatable bonds is 3. The molecule has 2 nitrogen and oxygen atoms in total. The van der Waals surface area contributed by atoms with Gasteiger partial charge >= 0.3 is 12.1 Å². The first kappa shape index (κ1) is 18.4. The quantitative estimate of drug-likeness (QED) is 0.836. The molecule has 0 amide bonds. The highest BCUT2D eigenvalue weighted by atomic mass is 35.5. The molecular weight excluding hydrogens is 329 g/mol. The molecule has 8 heteroatoms. The van der Waals surface area contributed by atoms with Crippen molar-refractivity contribution in [2.24, 2.45) is 5.73 Å². The Morgan fingerprint density at radius 2 is 1.50 bits per heavy atom. The molecule has 0 aliphatic carbocycles. The molecule has 0 saturated heterocycles. The molecule has 2 N–H and O–H groups in total. The molecular formula is C14H13ClF5NO. The highest BCUT2D eigenvalue weighted by Gasteiger charge is 2.61. The number of halogens is 6. The first-order valence-corrected chi connectivity index (χ1v) is 5.96. The van der Waals surface area contributed by atoms with Crippen molar-refractivity contribution in [3.05, 3.63) is 42.0 Å². The molecule has 0 spiro atoms. The maximum atomic E-state index is 13.4. The van der Waals surface area contributed by atoms with E-state index in [0.717, 1.165) is 6.07 Å². The highest BCUT2D eigenvalue weighted by molar-refractivity contribution is 5.91. The van der Waals surface area contributed by atoms with Crippen LogP contribution in [0.4, 0.5) is 22.0 Å². The predicted octanol–water partition coefficient (Wildman–Crippen LogP) is 4.47. The molecule has 22 heavy (non-hydrogen) atoms. The lowest BCUT2D eigenvalue weighted by molar-refractivity contribution is -0.290. The first-order chi connectivity index (χ1) is 9.70. The third-order valence-electron chi connectivity index (χ3n) is 3.24. The van der Waals surface area contributed by atoms with Crippen LogP contribution in [-0.2, 0) is 0 Å². The fraction of sp³-hybridized carbons (Fsp3) is 0.286. The zero-order valence-corrected chi connectivity index (χ0v) is 12.1. The Kier molecular flexibility index (Phi) is 5.25. The summed E-state index contributed by atoms with van der Waals surface area (Å²) in [6.07, 6.45) is -5.71. The van der Waals surface area contributed by atoms with E-state index in [2.05, 4.69) is 0 Å². The standard InChI is InChI=1S/C14H12F5NO.ClH/c1-21-11-7-6-10(8-4-2-3-5-9(8)11)12(20)13(15,16)14(17,18)19;/h2-7,12H,20H2,1H3;1H/t12-;/m1./s1. The first-order valence-electron chi connectivity index (χ1n) is 5.96. The van der Waals surface area contributed by atoms with Crippen molar-refractivity contribution in [3.8, 4) is 5.75 Å². The maximum absolute atomic E-state index is 13.4. The molecule has 1 atom stereocenters. The van der Waals surface area contributed by atoms with E-state index >= 15 is 0 Å². The lowest BCUT2D eigenvalue weighted by Crippen LogP contribution is -2.45. The van der Waals surface area contributed by atoms with Crippen LogP contribution >= 0.6 is 12.4 Å². The second-order valence-electron chi connectivity index (χ2n) is 4.50. The van der Waals surface area contributed by atoms with Crippen molar-refractivity contribution in [1.82, 2.24) is 0 Å². The summed E-state index contributed by atoms with van der Waals surface area (Å²) in [7, 11) is 1.38. The number of fused-ring (bicyclic) bond motifs is 1. The van der Waals surface area contributed by atoms with Crippen LogP contribution in [0, 0.1) is 0 Å². The van der Waals surface area contributed by atoms with Gasteiger partial charge in [0, 0.05) is 5.39 Å². The molecule has 0 fully saturated rings. The minimum absolute atomic E-state index is 0. The predicted molar refractivity (Wildman–Crippen MR) is 75.7 cm³/mol. The third-order valence-corrected chi connectivity index (χ3v) is 3.24. The van der Waals surface area contributed by atoms with Crippen LogP contribution in [0.2, 0.25) is 0 Å². The molecule has 0 heterocycles. The largest absolute Gasteiger partial charge is 0.496 e. The zero-order valence-electron chi connectivity index (χ0n) is 11.3. The van der Waals surface area contributed by atoms with E-state index in [-0.39, 0.29) is 23.4 Å². The monoisotopic (exact) mass is 341 g/mol. The van der Waals surface area contributed by atoms with Gasteiger partial charge in [-0.2, -0.15) is 22.0 Å². The number of hydrogen-bond donors (Lipinski definition) is 1. The maximum Gasteiger partial charge on any atom is 0.455 e. The number of hydrogen-bond acceptors (Lipinski definition) is 2. The second kappa shape index (κ2) is 6.26. The van der Waals surface area contributed by atoms with Crippen LogP contribution in [0.15, 0.2) is 36.4 Å². The third kappa shape index (κ3) is 2.96. The summed E-state index contributed by atoms with van der Waals surface area (Å²) in [4.78, 5) is 0. The number of methoxy groups -OCH3 is 1. The van der Waals surface area contributed by atoms with Crippen LogP contribution in [0.5, 0.6) is 5.75 Å².